The Morgan fingerprint density at radius 2 is 0.938 bits per heavy atom. The molecule has 0 spiro atoms. The van der Waals surface area contributed by atoms with Gasteiger partial charge in [0.25, 0.3) is 0 Å². The van der Waals surface area contributed by atoms with Gasteiger partial charge >= 0.3 is 0 Å². The molecule has 16 heavy (non-hydrogen) atoms. The molecule has 0 N–H and O–H groups in total. The molecule has 0 unspecified atom stereocenters. The highest BCUT2D eigenvalue weighted by atomic mass is 14.9. The van der Waals surface area contributed by atoms with Crippen LogP contribution in [0.4, 0.5) is 11.4 Å². The Kier molecular flexibility index (Phi) is 3.83. The summed E-state index contributed by atoms with van der Waals surface area (Å²) in [7, 11) is 0. The van der Waals surface area contributed by atoms with E-state index in [1.54, 1.807) is 0 Å². The second-order valence-corrected chi connectivity index (χ2v) is 3.43. The van der Waals surface area contributed by atoms with E-state index in [-0.39, 0.29) is 0 Å². The van der Waals surface area contributed by atoms with Crippen molar-refractivity contribution >= 4 is 11.4 Å². The quantitative estimate of drug-likeness (QED) is 0.679. The molecule has 0 saturated carbocycles. The predicted molar refractivity (Wildman–Crippen MR) is 66.2 cm³/mol. The van der Waals surface area contributed by atoms with Crippen molar-refractivity contribution in [1.29, 1.82) is 0 Å². The van der Waals surface area contributed by atoms with Crippen molar-refractivity contribution in [3.8, 4) is 0 Å². The Morgan fingerprint density at radius 1 is 0.562 bits per heavy atom. The van der Waals surface area contributed by atoms with E-state index < -0.39 is 0 Å². The standard InChI is InChI=1S/C14H14N2/c1-3-7-13(8-4-1)15-11-12-16-14-9-5-2-6-10-14/h1-10H,11-12H2. The minimum absolute atomic E-state index is 0.735. The van der Waals surface area contributed by atoms with Crippen LogP contribution in [0.2, 0.25) is 0 Å². The maximum Gasteiger partial charge on any atom is 0.0592 e. The number of nitrogens with zero attached hydrogens (tertiary/aromatic N) is 2. The van der Waals surface area contributed by atoms with Crippen LogP contribution in [0.1, 0.15) is 0 Å². The lowest BCUT2D eigenvalue weighted by Gasteiger charge is -2.03. The van der Waals surface area contributed by atoms with Gasteiger partial charge < -0.3 is 0 Å². The smallest absolute Gasteiger partial charge is 0.0592 e. The molecule has 2 aromatic carbocycles. The molecule has 0 aliphatic rings. The number of hydrogen-bond donors (Lipinski definition) is 0. The van der Waals surface area contributed by atoms with Gasteiger partial charge in [0.15, 0.2) is 0 Å². The Labute approximate surface area is 96.3 Å². The van der Waals surface area contributed by atoms with Crippen molar-refractivity contribution in [2.24, 2.45) is 0 Å². The molecule has 0 amide bonds. The number of benzene rings is 2. The lowest BCUT2D eigenvalue weighted by atomic mass is 10.3. The van der Waals surface area contributed by atoms with Crippen LogP contribution in [0.25, 0.3) is 0 Å². The third-order valence-electron chi connectivity index (χ3n) is 2.20. The summed E-state index contributed by atoms with van der Waals surface area (Å²) in [6, 6.07) is 20.0. The lowest BCUT2D eigenvalue weighted by Crippen LogP contribution is -2.11. The van der Waals surface area contributed by atoms with Gasteiger partial charge in [-0.25, -0.2) is 0 Å². The molecule has 0 saturated heterocycles. The van der Waals surface area contributed by atoms with E-state index in [1.807, 2.05) is 60.7 Å². The van der Waals surface area contributed by atoms with Crippen LogP contribution in [0.5, 0.6) is 0 Å². The van der Waals surface area contributed by atoms with Gasteiger partial charge in [-0.1, -0.05) is 36.4 Å². The third-order valence-corrected chi connectivity index (χ3v) is 2.20. The van der Waals surface area contributed by atoms with E-state index in [0.29, 0.717) is 0 Å². The molecule has 0 atom stereocenters. The van der Waals surface area contributed by atoms with Crippen molar-refractivity contribution in [2.75, 3.05) is 13.1 Å². The van der Waals surface area contributed by atoms with Crippen LogP contribution in [0.15, 0.2) is 60.7 Å². The fourth-order valence-electron chi connectivity index (χ4n) is 1.43. The lowest BCUT2D eigenvalue weighted by molar-refractivity contribution is 0.760. The average molecular weight is 210 g/mol. The van der Waals surface area contributed by atoms with Crippen LogP contribution in [-0.4, -0.2) is 13.1 Å². The number of hydrogen-bond acceptors (Lipinski definition) is 0. The zero-order chi connectivity index (χ0) is 11.1. The largest absolute Gasteiger partial charge is 0.283 e. The van der Waals surface area contributed by atoms with E-state index in [1.165, 1.54) is 0 Å². The highest BCUT2D eigenvalue weighted by Gasteiger charge is 1.93. The van der Waals surface area contributed by atoms with Crippen molar-refractivity contribution in [3.63, 3.8) is 0 Å². The van der Waals surface area contributed by atoms with Crippen molar-refractivity contribution < 1.29 is 0 Å². The summed E-state index contributed by atoms with van der Waals surface area (Å²) in [4.78, 5) is 0. The molecular weight excluding hydrogens is 196 g/mol. The first kappa shape index (κ1) is 10.6. The highest BCUT2D eigenvalue weighted by Crippen LogP contribution is 2.06. The maximum absolute atomic E-state index is 4.43. The molecule has 2 aromatic rings. The van der Waals surface area contributed by atoms with Crippen LogP contribution >= 0.6 is 0 Å². The molecule has 2 rings (SSSR count). The van der Waals surface area contributed by atoms with Gasteiger partial charge in [-0.3, -0.25) is 10.6 Å². The summed E-state index contributed by atoms with van der Waals surface area (Å²) in [6.45, 7) is 1.47. The van der Waals surface area contributed by atoms with Crippen LogP contribution in [0.3, 0.4) is 0 Å². The SMILES string of the molecule is c1ccc([N]CC[N]c2ccccc2)cc1. The molecule has 2 radical (unpaired) electrons. The summed E-state index contributed by atoms with van der Waals surface area (Å²) in [5.74, 6) is 0. The molecule has 0 aliphatic heterocycles. The van der Waals surface area contributed by atoms with E-state index in [9.17, 15) is 0 Å². The van der Waals surface area contributed by atoms with Crippen molar-refractivity contribution in [2.45, 2.75) is 0 Å². The highest BCUT2D eigenvalue weighted by molar-refractivity contribution is 5.36. The van der Waals surface area contributed by atoms with Gasteiger partial charge in [-0.15, -0.1) is 0 Å². The Hall–Kier alpha value is -1.96. The fraction of sp³-hybridized carbons (Fsp3) is 0.143. The maximum atomic E-state index is 4.43. The fourth-order valence-corrected chi connectivity index (χ4v) is 1.43. The molecule has 80 valence electrons. The van der Waals surface area contributed by atoms with Crippen molar-refractivity contribution in [1.82, 2.24) is 10.6 Å². The molecule has 0 aliphatic carbocycles. The Bertz CT molecular complexity index is 356. The zero-order valence-corrected chi connectivity index (χ0v) is 9.08. The molecular formula is C14H14N2. The second kappa shape index (κ2) is 5.81. The van der Waals surface area contributed by atoms with Gasteiger partial charge in [-0.05, 0) is 24.3 Å². The molecule has 2 heteroatoms. The number of para-hydroxylation sites is 2. The van der Waals surface area contributed by atoms with Gasteiger partial charge in [-0.2, -0.15) is 0 Å². The molecule has 0 fully saturated rings. The van der Waals surface area contributed by atoms with Crippen LogP contribution in [0, 0.1) is 0 Å². The first-order valence-electron chi connectivity index (χ1n) is 5.40. The summed E-state index contributed by atoms with van der Waals surface area (Å²) >= 11 is 0. The zero-order valence-electron chi connectivity index (χ0n) is 9.08. The Morgan fingerprint density at radius 3 is 1.31 bits per heavy atom. The van der Waals surface area contributed by atoms with Gasteiger partial charge in [0.05, 0.1) is 24.5 Å². The average Bonchev–Trinajstić information content (AvgIpc) is 2.37. The number of rotatable bonds is 5. The summed E-state index contributed by atoms with van der Waals surface area (Å²) in [5.41, 5.74) is 2.04. The summed E-state index contributed by atoms with van der Waals surface area (Å²) in [6.07, 6.45) is 0. The third kappa shape index (κ3) is 3.31. The molecule has 0 heterocycles. The monoisotopic (exact) mass is 210 g/mol. The topological polar surface area (TPSA) is 28.2 Å². The van der Waals surface area contributed by atoms with Gasteiger partial charge in [0.1, 0.15) is 0 Å². The minimum Gasteiger partial charge on any atom is -0.283 e. The van der Waals surface area contributed by atoms with Crippen LogP contribution in [-0.2, 0) is 0 Å². The first-order valence-corrected chi connectivity index (χ1v) is 5.40. The molecule has 2 nitrogen and oxygen atoms in total. The molecule has 0 aromatic heterocycles. The van der Waals surface area contributed by atoms with Gasteiger partial charge in [0.2, 0.25) is 0 Å². The minimum atomic E-state index is 0.735. The van der Waals surface area contributed by atoms with E-state index >= 15 is 0 Å². The predicted octanol–water partition coefficient (Wildman–Crippen LogP) is 2.86. The van der Waals surface area contributed by atoms with E-state index in [0.717, 1.165) is 24.5 Å². The van der Waals surface area contributed by atoms with Gasteiger partial charge in [0, 0.05) is 0 Å². The normalized spacial score (nSPS) is 9.75. The van der Waals surface area contributed by atoms with Crippen molar-refractivity contribution in [3.05, 3.63) is 60.7 Å². The van der Waals surface area contributed by atoms with E-state index in [2.05, 4.69) is 10.6 Å². The molecule has 0 bridgehead atoms. The first-order chi connectivity index (χ1) is 7.95. The van der Waals surface area contributed by atoms with E-state index in [4.69, 9.17) is 0 Å². The second-order valence-electron chi connectivity index (χ2n) is 3.43. The summed E-state index contributed by atoms with van der Waals surface area (Å²) < 4.78 is 0. The Balaban J connectivity index is 1.70. The van der Waals surface area contributed by atoms with Crippen LogP contribution < -0.4 is 10.6 Å². The summed E-state index contributed by atoms with van der Waals surface area (Å²) in [5, 5.41) is 8.86.